The topological polar surface area (TPSA) is 91.0 Å². The average molecular weight is 335 g/mol. The number of hydrogen-bond acceptors (Lipinski definition) is 5. The summed E-state index contributed by atoms with van der Waals surface area (Å²) >= 11 is 0. The van der Waals surface area contributed by atoms with Gasteiger partial charge in [0.2, 0.25) is 5.88 Å². The van der Waals surface area contributed by atoms with Crippen molar-refractivity contribution in [2.24, 2.45) is 7.05 Å². The fourth-order valence-corrected chi connectivity index (χ4v) is 2.81. The van der Waals surface area contributed by atoms with Crippen molar-refractivity contribution >= 4 is 5.91 Å². The Bertz CT molecular complexity index is 829. The molecule has 0 fully saturated rings. The van der Waals surface area contributed by atoms with Gasteiger partial charge < -0.3 is 10.1 Å². The normalized spacial score (nSPS) is 17.0. The number of nitrogens with zero attached hydrogens (tertiary/aromatic N) is 4. The van der Waals surface area contributed by atoms with E-state index in [9.17, 15) is 14.0 Å². The first-order valence-electron chi connectivity index (χ1n) is 7.62. The zero-order chi connectivity index (χ0) is 17.3. The Labute approximate surface area is 137 Å². The average Bonchev–Trinajstić information content (AvgIpc) is 2.72. The summed E-state index contributed by atoms with van der Waals surface area (Å²) in [7, 11) is 2.93. The van der Waals surface area contributed by atoms with Crippen LogP contribution in [0.3, 0.4) is 0 Å². The Hall–Kier alpha value is -2.71. The number of carbonyl (C=O) groups is 1. The summed E-state index contributed by atoms with van der Waals surface area (Å²) in [5.74, 6) is -0.519. The van der Waals surface area contributed by atoms with E-state index in [0.717, 1.165) is 11.9 Å². The van der Waals surface area contributed by atoms with Crippen LogP contribution in [0, 0.1) is 5.82 Å². The zero-order valence-electron chi connectivity index (χ0n) is 13.5. The van der Waals surface area contributed by atoms with Crippen molar-refractivity contribution in [1.82, 2.24) is 24.6 Å². The van der Waals surface area contributed by atoms with Crippen molar-refractivity contribution in [1.29, 1.82) is 0 Å². The highest BCUT2D eigenvalue weighted by atomic mass is 19.1. The Kier molecular flexibility index (Phi) is 4.32. The molecule has 3 heterocycles. The molecule has 0 saturated carbocycles. The lowest BCUT2D eigenvalue weighted by Gasteiger charge is -2.16. The molecule has 3 rings (SSSR count). The van der Waals surface area contributed by atoms with Gasteiger partial charge >= 0.3 is 5.69 Å². The first kappa shape index (κ1) is 16.2. The zero-order valence-corrected chi connectivity index (χ0v) is 13.5. The minimum atomic E-state index is -0.686. The number of pyridine rings is 1. The van der Waals surface area contributed by atoms with Gasteiger partial charge in [0.15, 0.2) is 5.82 Å². The second kappa shape index (κ2) is 6.42. The molecule has 1 aliphatic rings. The van der Waals surface area contributed by atoms with Gasteiger partial charge in [-0.1, -0.05) is 0 Å². The Morgan fingerprint density at radius 3 is 2.96 bits per heavy atom. The number of ether oxygens (including phenoxy) is 1. The smallest absolute Gasteiger partial charge is 0.345 e. The highest BCUT2D eigenvalue weighted by Crippen LogP contribution is 2.15. The van der Waals surface area contributed by atoms with E-state index in [4.69, 9.17) is 4.74 Å². The van der Waals surface area contributed by atoms with Crippen LogP contribution < -0.4 is 15.7 Å². The summed E-state index contributed by atoms with van der Waals surface area (Å²) in [6, 6.07) is 0.979. The number of halogens is 1. The quantitative estimate of drug-likeness (QED) is 0.869. The van der Waals surface area contributed by atoms with Gasteiger partial charge in [-0.05, 0) is 18.9 Å². The molecule has 0 spiro atoms. The molecule has 1 N–H and O–H groups in total. The number of nitrogens with one attached hydrogen (secondary N) is 1. The lowest BCUT2D eigenvalue weighted by Crippen LogP contribution is -2.35. The van der Waals surface area contributed by atoms with Crippen LogP contribution in [-0.4, -0.2) is 38.4 Å². The molecule has 0 aromatic carbocycles. The molecule has 128 valence electrons. The molecule has 0 radical (unpaired) electrons. The van der Waals surface area contributed by atoms with E-state index < -0.39 is 11.7 Å². The minimum absolute atomic E-state index is 0.117. The van der Waals surface area contributed by atoms with Crippen LogP contribution in [0.4, 0.5) is 4.39 Å². The lowest BCUT2D eigenvalue weighted by atomic mass is 10.1. The van der Waals surface area contributed by atoms with Crippen molar-refractivity contribution < 1.29 is 13.9 Å². The first-order chi connectivity index (χ1) is 11.5. The van der Waals surface area contributed by atoms with Crippen molar-refractivity contribution in [2.75, 3.05) is 7.11 Å². The van der Waals surface area contributed by atoms with Crippen molar-refractivity contribution in [3.63, 3.8) is 0 Å². The van der Waals surface area contributed by atoms with Crippen LogP contribution in [0.5, 0.6) is 5.88 Å². The number of fused-ring (bicyclic) bond motifs is 1. The molecule has 1 atom stereocenters. The van der Waals surface area contributed by atoms with Crippen LogP contribution in [0.2, 0.25) is 0 Å². The number of hydrogen-bond donors (Lipinski definition) is 1. The molecular formula is C15H18FN5O3. The van der Waals surface area contributed by atoms with E-state index >= 15 is 0 Å². The third-order valence-electron chi connectivity index (χ3n) is 4.10. The van der Waals surface area contributed by atoms with E-state index in [-0.39, 0.29) is 23.2 Å². The van der Waals surface area contributed by atoms with E-state index in [1.807, 2.05) is 0 Å². The number of amides is 1. The van der Waals surface area contributed by atoms with Gasteiger partial charge in [-0.15, -0.1) is 0 Å². The van der Waals surface area contributed by atoms with Crippen LogP contribution >= 0.6 is 0 Å². The van der Waals surface area contributed by atoms with Gasteiger partial charge in [-0.3, -0.25) is 9.36 Å². The second-order valence-electron chi connectivity index (χ2n) is 5.69. The maximum absolute atomic E-state index is 13.7. The van der Waals surface area contributed by atoms with E-state index in [0.29, 0.717) is 25.8 Å². The molecular weight excluding hydrogens is 317 g/mol. The third kappa shape index (κ3) is 3.01. The number of methoxy groups -OCH3 is 1. The predicted molar refractivity (Wildman–Crippen MR) is 82.4 cm³/mol. The van der Waals surface area contributed by atoms with Gasteiger partial charge in [-0.2, -0.15) is 5.10 Å². The fourth-order valence-electron chi connectivity index (χ4n) is 2.81. The van der Waals surface area contributed by atoms with E-state index in [1.165, 1.54) is 18.0 Å². The summed E-state index contributed by atoms with van der Waals surface area (Å²) in [5, 5.41) is 7.06. The molecule has 1 aliphatic heterocycles. The molecule has 1 amide bonds. The molecule has 24 heavy (non-hydrogen) atoms. The summed E-state index contributed by atoms with van der Waals surface area (Å²) in [4.78, 5) is 27.9. The van der Waals surface area contributed by atoms with Crippen molar-refractivity contribution in [2.45, 2.75) is 31.8 Å². The lowest BCUT2D eigenvalue weighted by molar-refractivity contribution is 0.0932. The number of rotatable bonds is 3. The van der Waals surface area contributed by atoms with Gasteiger partial charge in [0, 0.05) is 32.3 Å². The molecule has 0 aliphatic carbocycles. The number of aromatic nitrogens is 4. The Balaban J connectivity index is 1.68. The van der Waals surface area contributed by atoms with Crippen molar-refractivity contribution in [3.8, 4) is 5.88 Å². The van der Waals surface area contributed by atoms with Gasteiger partial charge in [0.1, 0.15) is 5.82 Å². The third-order valence-corrected chi connectivity index (χ3v) is 4.10. The van der Waals surface area contributed by atoms with Gasteiger partial charge in [0.25, 0.3) is 5.91 Å². The molecule has 8 nitrogen and oxygen atoms in total. The molecule has 9 heteroatoms. The van der Waals surface area contributed by atoms with Gasteiger partial charge in [0.05, 0.1) is 12.7 Å². The minimum Gasteiger partial charge on any atom is -0.479 e. The maximum Gasteiger partial charge on any atom is 0.345 e. The van der Waals surface area contributed by atoms with Crippen LogP contribution in [0.15, 0.2) is 17.1 Å². The van der Waals surface area contributed by atoms with E-state index in [1.54, 1.807) is 11.6 Å². The van der Waals surface area contributed by atoms with E-state index in [2.05, 4.69) is 15.4 Å². The summed E-state index contributed by atoms with van der Waals surface area (Å²) in [6.45, 7) is 0.488. The molecule has 0 saturated heterocycles. The van der Waals surface area contributed by atoms with Crippen LogP contribution in [0.1, 0.15) is 29.0 Å². The van der Waals surface area contributed by atoms with Gasteiger partial charge in [-0.25, -0.2) is 18.9 Å². The summed E-state index contributed by atoms with van der Waals surface area (Å²) in [6.07, 6.45) is 3.13. The monoisotopic (exact) mass is 335 g/mol. The largest absolute Gasteiger partial charge is 0.479 e. The van der Waals surface area contributed by atoms with Crippen LogP contribution in [0.25, 0.3) is 0 Å². The summed E-state index contributed by atoms with van der Waals surface area (Å²) in [5.41, 5.74) is -0.0235. The maximum atomic E-state index is 13.7. The SMILES string of the molecule is COc1ncc(C(=O)NC2CCc3nn(C)c(=O)n3CC2)cc1F. The second-order valence-corrected chi connectivity index (χ2v) is 5.69. The summed E-state index contributed by atoms with van der Waals surface area (Å²) < 4.78 is 21.3. The highest BCUT2D eigenvalue weighted by molar-refractivity contribution is 5.94. The molecule has 2 aromatic heterocycles. The predicted octanol–water partition coefficient (Wildman–Crippen LogP) is 0.259. The molecule has 0 bridgehead atoms. The van der Waals surface area contributed by atoms with Crippen molar-refractivity contribution in [3.05, 3.63) is 40.0 Å². The molecule has 1 unspecified atom stereocenters. The number of aryl methyl sites for hydroxylation is 2. The van der Waals surface area contributed by atoms with Crippen LogP contribution in [-0.2, 0) is 20.0 Å². The standard InChI is InChI=1S/C15H18FN5O3/c1-20-15(23)21-6-5-10(3-4-12(21)19-20)18-13(22)9-7-11(16)14(24-2)17-8-9/h7-8,10H,3-6H2,1-2H3,(H,18,22). The molecule has 2 aromatic rings. The first-order valence-corrected chi connectivity index (χ1v) is 7.62. The Morgan fingerprint density at radius 1 is 1.46 bits per heavy atom. The highest BCUT2D eigenvalue weighted by Gasteiger charge is 2.22. The fraction of sp³-hybridized carbons (Fsp3) is 0.467. The Morgan fingerprint density at radius 2 is 2.25 bits per heavy atom. The number of carbonyl (C=O) groups excluding carboxylic acids is 1.